The van der Waals surface area contributed by atoms with Gasteiger partial charge in [-0.2, -0.15) is 0 Å². The molecule has 1 amide bonds. The molecule has 0 bridgehead atoms. The van der Waals surface area contributed by atoms with Crippen molar-refractivity contribution < 1.29 is 23.5 Å². The number of carbonyl (C=O) groups is 2. The summed E-state index contributed by atoms with van der Waals surface area (Å²) >= 11 is 0. The molecule has 8 heteroatoms. The lowest BCUT2D eigenvalue weighted by Gasteiger charge is -2.33. The number of para-hydroxylation sites is 1. The zero-order valence-electron chi connectivity index (χ0n) is 20.6. The number of nitrogens with zero attached hydrogens (tertiary/aromatic N) is 1. The molecule has 1 atom stereocenters. The van der Waals surface area contributed by atoms with Gasteiger partial charge in [-0.15, -0.1) is 0 Å². The van der Waals surface area contributed by atoms with E-state index < -0.39 is 17.6 Å². The van der Waals surface area contributed by atoms with E-state index in [9.17, 15) is 14.4 Å². The number of rotatable bonds is 6. The summed E-state index contributed by atoms with van der Waals surface area (Å²) in [4.78, 5) is 42.9. The lowest BCUT2D eigenvalue weighted by molar-refractivity contribution is -0.154. The molecule has 4 aromatic rings. The normalized spacial score (nSPS) is 15.2. The van der Waals surface area contributed by atoms with Crippen LogP contribution in [0, 0.1) is 6.92 Å². The Labute approximate surface area is 207 Å². The van der Waals surface area contributed by atoms with Crippen LogP contribution in [0.4, 0.5) is 0 Å². The molecular formula is C28H28N2O6. The van der Waals surface area contributed by atoms with Crippen LogP contribution < -0.4 is 10.4 Å². The van der Waals surface area contributed by atoms with E-state index in [0.29, 0.717) is 23.3 Å². The molecule has 0 saturated carbocycles. The minimum absolute atomic E-state index is 0.248. The molecule has 2 aromatic heterocycles. The van der Waals surface area contributed by atoms with Crippen molar-refractivity contribution in [1.29, 1.82) is 0 Å². The van der Waals surface area contributed by atoms with Crippen LogP contribution in [0.5, 0.6) is 5.75 Å². The molecule has 0 fully saturated rings. The number of nitrogens with one attached hydrogen (secondary N) is 1. The Hall–Kier alpha value is -4.07. The van der Waals surface area contributed by atoms with E-state index >= 15 is 0 Å². The maximum absolute atomic E-state index is 13.3. The average Bonchev–Trinajstić information content (AvgIpc) is 3.25. The minimum atomic E-state index is -0.745. The highest BCUT2D eigenvalue weighted by Crippen LogP contribution is 2.32. The van der Waals surface area contributed by atoms with Gasteiger partial charge in [-0.1, -0.05) is 31.5 Å². The fourth-order valence-corrected chi connectivity index (χ4v) is 5.08. The lowest BCUT2D eigenvalue weighted by Crippen LogP contribution is -2.50. The van der Waals surface area contributed by atoms with Crippen LogP contribution in [0.1, 0.15) is 35.7 Å². The first-order valence-electron chi connectivity index (χ1n) is 12.1. The number of methoxy groups -OCH3 is 1. The topological polar surface area (TPSA) is 102 Å². The van der Waals surface area contributed by atoms with Gasteiger partial charge in [0.1, 0.15) is 17.4 Å². The highest BCUT2D eigenvalue weighted by atomic mass is 16.5. The SMILES string of the molecule is CCCc1cc(=O)oc2c(C)c(OCC(=O)N3Cc4[nH]c5ccccc5c4C[C@H]3C(=O)OC)ccc12. The van der Waals surface area contributed by atoms with Gasteiger partial charge in [0.25, 0.3) is 5.91 Å². The molecule has 0 spiro atoms. The summed E-state index contributed by atoms with van der Waals surface area (Å²) in [5, 5.41) is 1.90. The van der Waals surface area contributed by atoms with Crippen molar-refractivity contribution in [2.75, 3.05) is 13.7 Å². The van der Waals surface area contributed by atoms with Crippen LogP contribution in [-0.4, -0.2) is 41.5 Å². The second kappa shape index (κ2) is 9.53. The Balaban J connectivity index is 1.41. The molecule has 1 aliphatic heterocycles. The summed E-state index contributed by atoms with van der Waals surface area (Å²) in [6.07, 6.45) is 2.03. The molecule has 36 heavy (non-hydrogen) atoms. The standard InChI is InChI=1S/C28H28N2O6/c1-4-7-17-12-26(32)36-27-16(2)24(11-10-18(17)27)35-15-25(31)30-14-22-20(13-23(30)28(33)34-3)19-8-5-6-9-21(19)29-22/h5-6,8-12,23,29H,4,7,13-15H2,1-3H3/t23-/m0/s1. The minimum Gasteiger partial charge on any atom is -0.483 e. The van der Waals surface area contributed by atoms with Gasteiger partial charge in [-0.3, -0.25) is 4.79 Å². The van der Waals surface area contributed by atoms with Crippen molar-refractivity contribution in [3.8, 4) is 5.75 Å². The highest BCUT2D eigenvalue weighted by Gasteiger charge is 2.37. The number of benzene rings is 2. The van der Waals surface area contributed by atoms with Crippen molar-refractivity contribution in [1.82, 2.24) is 9.88 Å². The zero-order valence-corrected chi connectivity index (χ0v) is 20.6. The molecule has 8 nitrogen and oxygen atoms in total. The van der Waals surface area contributed by atoms with E-state index in [1.165, 1.54) is 18.1 Å². The molecule has 2 aromatic carbocycles. The summed E-state index contributed by atoms with van der Waals surface area (Å²) in [6, 6.07) is 12.3. The van der Waals surface area contributed by atoms with Gasteiger partial charge >= 0.3 is 11.6 Å². The van der Waals surface area contributed by atoms with E-state index in [2.05, 4.69) is 11.9 Å². The van der Waals surface area contributed by atoms with Crippen molar-refractivity contribution in [3.05, 3.63) is 75.3 Å². The molecule has 0 aliphatic carbocycles. The molecule has 0 unspecified atom stereocenters. The van der Waals surface area contributed by atoms with Crippen molar-refractivity contribution in [2.24, 2.45) is 0 Å². The van der Waals surface area contributed by atoms with E-state index in [-0.39, 0.29) is 19.1 Å². The van der Waals surface area contributed by atoms with Gasteiger partial charge in [0.15, 0.2) is 6.61 Å². The summed E-state index contributed by atoms with van der Waals surface area (Å²) < 4.78 is 16.4. The third kappa shape index (κ3) is 4.12. The number of hydrogen-bond acceptors (Lipinski definition) is 6. The number of H-pyrrole nitrogens is 1. The molecule has 3 heterocycles. The molecule has 0 radical (unpaired) electrons. The molecule has 5 rings (SSSR count). The van der Waals surface area contributed by atoms with Gasteiger partial charge < -0.3 is 23.8 Å². The Morgan fingerprint density at radius 1 is 1.17 bits per heavy atom. The zero-order chi connectivity index (χ0) is 25.4. The first-order valence-corrected chi connectivity index (χ1v) is 12.1. The molecular weight excluding hydrogens is 460 g/mol. The van der Waals surface area contributed by atoms with Crippen LogP contribution in [0.2, 0.25) is 0 Å². The largest absolute Gasteiger partial charge is 0.483 e. The van der Waals surface area contributed by atoms with E-state index in [4.69, 9.17) is 13.9 Å². The first-order chi connectivity index (χ1) is 17.4. The van der Waals surface area contributed by atoms with Crippen LogP contribution in [0.25, 0.3) is 21.9 Å². The van der Waals surface area contributed by atoms with Crippen LogP contribution in [0.3, 0.4) is 0 Å². The third-order valence-corrected chi connectivity index (χ3v) is 6.87. The van der Waals surface area contributed by atoms with Gasteiger partial charge in [0.2, 0.25) is 0 Å². The fraction of sp³-hybridized carbons (Fsp3) is 0.321. The average molecular weight is 489 g/mol. The predicted octanol–water partition coefficient (Wildman–Crippen LogP) is 4.04. The number of fused-ring (bicyclic) bond motifs is 4. The summed E-state index contributed by atoms with van der Waals surface area (Å²) in [5.74, 6) is -0.354. The van der Waals surface area contributed by atoms with Crippen LogP contribution in [-0.2, 0) is 33.7 Å². The Kier molecular flexibility index (Phi) is 6.26. The Bertz CT molecular complexity index is 1530. The third-order valence-electron chi connectivity index (χ3n) is 6.87. The van der Waals surface area contributed by atoms with E-state index in [0.717, 1.165) is 46.0 Å². The van der Waals surface area contributed by atoms with E-state index in [1.54, 1.807) is 13.0 Å². The predicted molar refractivity (Wildman–Crippen MR) is 135 cm³/mol. The smallest absolute Gasteiger partial charge is 0.336 e. The second-order valence-corrected chi connectivity index (χ2v) is 9.09. The van der Waals surface area contributed by atoms with Gasteiger partial charge in [-0.05, 0) is 42.7 Å². The summed E-state index contributed by atoms with van der Waals surface area (Å²) in [6.45, 7) is 3.83. The number of hydrogen-bond donors (Lipinski definition) is 1. The molecule has 1 aliphatic rings. The number of aromatic nitrogens is 1. The Morgan fingerprint density at radius 2 is 1.97 bits per heavy atom. The number of aromatic amines is 1. The van der Waals surface area contributed by atoms with Gasteiger partial charge in [0.05, 0.1) is 13.7 Å². The van der Waals surface area contributed by atoms with Crippen LogP contribution in [0.15, 0.2) is 51.7 Å². The lowest BCUT2D eigenvalue weighted by atomic mass is 9.96. The number of carbonyl (C=O) groups excluding carboxylic acids is 2. The quantitative estimate of drug-likeness (QED) is 0.325. The van der Waals surface area contributed by atoms with Crippen molar-refractivity contribution in [3.63, 3.8) is 0 Å². The first kappa shape index (κ1) is 23.7. The molecule has 0 saturated heterocycles. The summed E-state index contributed by atoms with van der Waals surface area (Å²) in [5.41, 5.74) is 4.52. The Morgan fingerprint density at radius 3 is 2.75 bits per heavy atom. The maximum Gasteiger partial charge on any atom is 0.336 e. The van der Waals surface area contributed by atoms with Crippen LogP contribution >= 0.6 is 0 Å². The van der Waals surface area contributed by atoms with Crippen molar-refractivity contribution in [2.45, 2.75) is 45.7 Å². The van der Waals surface area contributed by atoms with Gasteiger partial charge in [-0.25, -0.2) is 9.59 Å². The van der Waals surface area contributed by atoms with Crippen molar-refractivity contribution >= 4 is 33.7 Å². The summed E-state index contributed by atoms with van der Waals surface area (Å²) in [7, 11) is 1.32. The molecule has 186 valence electrons. The maximum atomic E-state index is 13.3. The second-order valence-electron chi connectivity index (χ2n) is 9.09. The fourth-order valence-electron chi connectivity index (χ4n) is 5.08. The number of esters is 1. The number of ether oxygens (including phenoxy) is 2. The number of aryl methyl sites for hydroxylation is 2. The highest BCUT2D eigenvalue weighted by molar-refractivity contribution is 5.90. The monoisotopic (exact) mass is 488 g/mol. The van der Waals surface area contributed by atoms with Gasteiger partial charge in [0, 0.05) is 40.0 Å². The number of amides is 1. The molecule has 1 N–H and O–H groups in total. The van der Waals surface area contributed by atoms with E-state index in [1.807, 2.05) is 30.3 Å².